The standard InChI is InChI=1S/C32H12BF24.C12H14NOS/c34-25(35,36)13-1-14(26(37,38)39)6-21(5-13)33(22-7-15(27(40,41)42)2-16(8-22)28(43,44)45,23-9-17(29(46,47)48)3-18(10-23)30(49,50)51)24-11-19(31(52,53)54)4-20(12-24)32(55,56)57;1-2-6-10(5-1)14-13-9-15-12-8-4-3-7-11(12)13/h1-12H;3-4,7-10H,1-2,5-6H2/q-1;+1. The van der Waals surface area contributed by atoms with Crippen LogP contribution in [-0.2, 0) is 49.4 Å². The first-order valence-corrected chi connectivity index (χ1v) is 21.0. The van der Waals surface area contributed by atoms with Crippen molar-refractivity contribution in [2.75, 3.05) is 0 Å². The van der Waals surface area contributed by atoms with Gasteiger partial charge in [-0.15, -0.1) is 0 Å². The fraction of sp³-hybridized carbons (Fsp3) is 0.295. The number of hydrogen-bond donors (Lipinski definition) is 0. The molecular formula is C44H26BF24NOS. The molecule has 6 aromatic rings. The maximum Gasteiger partial charge on any atom is 0.416 e. The summed E-state index contributed by atoms with van der Waals surface area (Å²) < 4.78 is 344. The molecule has 1 aliphatic carbocycles. The van der Waals surface area contributed by atoms with Gasteiger partial charge in [-0.25, -0.2) is 0 Å². The molecule has 390 valence electrons. The molecule has 7 rings (SSSR count). The van der Waals surface area contributed by atoms with Gasteiger partial charge in [-0.1, -0.05) is 72.0 Å². The van der Waals surface area contributed by atoms with Crippen molar-refractivity contribution in [3.63, 3.8) is 0 Å². The fourth-order valence-electron chi connectivity index (χ4n) is 8.21. The zero-order chi connectivity index (χ0) is 54.0. The molecule has 1 aliphatic rings. The Hall–Kier alpha value is -5.83. The molecule has 1 saturated carbocycles. The molecule has 5 aromatic carbocycles. The van der Waals surface area contributed by atoms with E-state index in [0.717, 1.165) is 0 Å². The molecule has 0 aliphatic heterocycles. The molecule has 0 amide bonds. The first-order valence-electron chi connectivity index (χ1n) is 20.1. The molecule has 28 heteroatoms. The number of nitrogens with zero attached hydrogens (tertiary/aromatic N) is 1. The summed E-state index contributed by atoms with van der Waals surface area (Å²) in [6, 6.07) is -0.438. The Morgan fingerprint density at radius 1 is 0.375 bits per heavy atom. The average molecular weight is 1080 g/mol. The van der Waals surface area contributed by atoms with Crippen LogP contribution in [-0.4, -0.2) is 12.2 Å². The Labute approximate surface area is 392 Å². The molecule has 0 atom stereocenters. The van der Waals surface area contributed by atoms with Crippen LogP contribution in [0.2, 0.25) is 0 Å². The molecule has 1 heterocycles. The monoisotopic (exact) mass is 1080 g/mol. The summed E-state index contributed by atoms with van der Waals surface area (Å²) >= 11 is 1.74. The number of fused-ring (bicyclic) bond motifs is 1. The van der Waals surface area contributed by atoms with Crippen LogP contribution in [0.1, 0.15) is 70.2 Å². The van der Waals surface area contributed by atoms with Crippen LogP contribution in [0.25, 0.3) is 10.2 Å². The van der Waals surface area contributed by atoms with Crippen LogP contribution in [0.15, 0.2) is 103 Å². The number of halogens is 24. The third-order valence-corrected chi connectivity index (χ3v) is 12.3. The summed E-state index contributed by atoms with van der Waals surface area (Å²) in [7, 11) is 0. The molecule has 0 saturated heterocycles. The second-order valence-corrected chi connectivity index (χ2v) is 17.1. The van der Waals surface area contributed by atoms with Crippen molar-refractivity contribution in [2.24, 2.45) is 0 Å². The summed E-state index contributed by atoms with van der Waals surface area (Å²) in [6.45, 7) is 0. The number of alkyl halides is 24. The van der Waals surface area contributed by atoms with Gasteiger partial charge >= 0.3 is 49.4 Å². The van der Waals surface area contributed by atoms with Crippen molar-refractivity contribution >= 4 is 49.6 Å². The largest absolute Gasteiger partial charge is 0.416 e. The minimum Gasteiger partial charge on any atom is -0.267 e. The SMILES string of the molecule is FC(F)(F)c1cc([B-](c2cc(C(F)(F)F)cc(C(F)(F)F)c2)(c2cc(C(F)(F)F)cc(C(F)(F)F)c2)c2cc(C(F)(F)F)cc(C(F)(F)F)c2)cc(C(F)(F)F)c1.c1ccc2c(c1)sc[n+]2OC1CCCC1. The Morgan fingerprint density at radius 3 is 0.875 bits per heavy atom. The van der Waals surface area contributed by atoms with Crippen LogP contribution < -0.4 is 31.4 Å². The molecule has 0 bridgehead atoms. The van der Waals surface area contributed by atoms with Gasteiger partial charge in [0.1, 0.15) is 10.8 Å². The van der Waals surface area contributed by atoms with Gasteiger partial charge in [0.2, 0.25) is 0 Å². The molecule has 72 heavy (non-hydrogen) atoms. The van der Waals surface area contributed by atoms with E-state index >= 15 is 0 Å². The van der Waals surface area contributed by atoms with Gasteiger partial charge in [0, 0.05) is 10.8 Å². The predicted molar refractivity (Wildman–Crippen MR) is 211 cm³/mol. The summed E-state index contributed by atoms with van der Waals surface area (Å²) in [6.07, 6.45) is -49.3. The van der Waals surface area contributed by atoms with Gasteiger partial charge in [0.15, 0.2) is 6.10 Å². The molecule has 0 unspecified atom stereocenters. The van der Waals surface area contributed by atoms with E-state index in [1.54, 1.807) is 11.3 Å². The normalized spacial score (nSPS) is 14.9. The number of benzene rings is 5. The molecule has 1 aromatic heterocycles. The molecule has 2 nitrogen and oxygen atoms in total. The van der Waals surface area contributed by atoms with Crippen molar-refractivity contribution in [3.05, 3.63) is 147 Å². The zero-order valence-corrected chi connectivity index (χ0v) is 35.9. The van der Waals surface area contributed by atoms with E-state index in [1.165, 1.54) is 35.9 Å². The highest BCUT2D eigenvalue weighted by Gasteiger charge is 2.47. The Morgan fingerprint density at radius 2 is 0.625 bits per heavy atom. The van der Waals surface area contributed by atoms with Crippen LogP contribution in [0.5, 0.6) is 0 Å². The molecule has 0 N–H and O–H groups in total. The van der Waals surface area contributed by atoms with E-state index in [0.29, 0.717) is 6.10 Å². The topological polar surface area (TPSA) is 13.1 Å². The van der Waals surface area contributed by atoms with Gasteiger partial charge in [0.05, 0.1) is 44.5 Å². The van der Waals surface area contributed by atoms with Crippen LogP contribution >= 0.6 is 11.3 Å². The van der Waals surface area contributed by atoms with Crippen LogP contribution in [0, 0.1) is 0 Å². The highest BCUT2D eigenvalue weighted by molar-refractivity contribution is 7.20. The number of thiazole rings is 1. The first kappa shape index (κ1) is 55.5. The predicted octanol–water partition coefficient (Wildman–Crippen LogP) is 13.8. The minimum atomic E-state index is -6.13. The van der Waals surface area contributed by atoms with E-state index < -0.39 is 195 Å². The number of rotatable bonds is 6. The van der Waals surface area contributed by atoms with E-state index in [1.807, 2.05) is 4.73 Å². The smallest absolute Gasteiger partial charge is 0.267 e. The summed E-state index contributed by atoms with van der Waals surface area (Å²) in [4.78, 5) is 5.96. The quantitative estimate of drug-likeness (QED) is 0.0920. The Balaban J connectivity index is 0.000000473. The van der Waals surface area contributed by atoms with Crippen molar-refractivity contribution in [1.82, 2.24) is 0 Å². The Bertz CT molecular complexity index is 2470. The highest BCUT2D eigenvalue weighted by atomic mass is 32.1. The second kappa shape index (κ2) is 18.9. The fourth-order valence-corrected chi connectivity index (χ4v) is 9.02. The maximum absolute atomic E-state index is 14.2. The molecule has 1 fully saturated rings. The summed E-state index contributed by atoms with van der Waals surface area (Å²) in [5.41, 5.74) is -27.0. The molecule has 0 radical (unpaired) electrons. The Kier molecular flexibility index (Phi) is 14.6. The van der Waals surface area contributed by atoms with E-state index in [2.05, 4.69) is 29.8 Å². The van der Waals surface area contributed by atoms with Gasteiger partial charge in [0.25, 0.3) is 11.0 Å². The number of para-hydroxylation sites is 1. The number of hydrogen-bond acceptors (Lipinski definition) is 2. The van der Waals surface area contributed by atoms with Gasteiger partial charge in [-0.3, -0.25) is 4.84 Å². The van der Waals surface area contributed by atoms with Crippen molar-refractivity contribution in [2.45, 2.75) is 81.2 Å². The van der Waals surface area contributed by atoms with Crippen LogP contribution in [0.3, 0.4) is 0 Å². The second-order valence-electron chi connectivity index (χ2n) is 16.3. The van der Waals surface area contributed by atoms with Crippen molar-refractivity contribution in [1.29, 1.82) is 0 Å². The highest BCUT2D eigenvalue weighted by Crippen LogP contribution is 2.41. The lowest BCUT2D eigenvalue weighted by Crippen LogP contribution is -2.75. The molecular weight excluding hydrogens is 1060 g/mol. The van der Waals surface area contributed by atoms with Crippen LogP contribution in [0.4, 0.5) is 105 Å². The van der Waals surface area contributed by atoms with Crippen molar-refractivity contribution in [3.8, 4) is 0 Å². The van der Waals surface area contributed by atoms with Gasteiger partial charge in [-0.05, 0) is 56.0 Å². The summed E-state index contributed by atoms with van der Waals surface area (Å²) in [5.74, 6) is 0. The maximum atomic E-state index is 14.2. The third kappa shape index (κ3) is 12.2. The minimum absolute atomic E-state index is 0.424. The van der Waals surface area contributed by atoms with Crippen molar-refractivity contribution < 1.29 is 115 Å². The lowest BCUT2D eigenvalue weighted by molar-refractivity contribution is -0.876. The average Bonchev–Trinajstić information content (AvgIpc) is 3.92. The third-order valence-electron chi connectivity index (χ3n) is 11.4. The summed E-state index contributed by atoms with van der Waals surface area (Å²) in [5, 5.41) is 0. The lowest BCUT2D eigenvalue weighted by atomic mass is 9.12. The first-order chi connectivity index (χ1) is 32.7. The lowest BCUT2D eigenvalue weighted by Gasteiger charge is -2.46. The molecule has 0 spiro atoms. The van der Waals surface area contributed by atoms with Gasteiger partial charge < -0.3 is 0 Å². The zero-order valence-electron chi connectivity index (χ0n) is 35.1. The van der Waals surface area contributed by atoms with E-state index in [9.17, 15) is 105 Å². The van der Waals surface area contributed by atoms with E-state index in [-0.39, 0.29) is 0 Å². The van der Waals surface area contributed by atoms with Gasteiger partial charge in [-0.2, -0.15) is 127 Å². The number of aromatic nitrogens is 1. The van der Waals surface area contributed by atoms with E-state index in [4.69, 9.17) is 4.84 Å².